The van der Waals surface area contributed by atoms with Crippen LogP contribution in [0.3, 0.4) is 0 Å². The molecular weight excluding hydrogens is 298 g/mol. The molecule has 3 rings (SSSR count). The summed E-state index contributed by atoms with van der Waals surface area (Å²) in [6.07, 6.45) is 4.35. The normalized spacial score (nSPS) is 20.2. The number of amides is 2. The number of nitrogens with zero attached hydrogens (tertiary/aromatic N) is 2. The molecule has 1 aliphatic rings. The van der Waals surface area contributed by atoms with Gasteiger partial charge in [-0.15, -0.1) is 0 Å². The minimum absolute atomic E-state index is 0.196. The lowest BCUT2D eigenvalue weighted by Crippen LogP contribution is -2.39. The SMILES string of the molecule is O=C1CCC(c2ccc(Br)n3cncc23)C(=O)N1. The van der Waals surface area contributed by atoms with Gasteiger partial charge < -0.3 is 0 Å². The molecule has 2 amide bonds. The third kappa shape index (κ3) is 1.73. The Balaban J connectivity index is 2.09. The van der Waals surface area contributed by atoms with Crippen molar-refractivity contribution in [3.8, 4) is 0 Å². The first-order chi connectivity index (χ1) is 8.66. The molecular formula is C12H10BrN3O2. The number of nitrogens with one attached hydrogen (secondary N) is 1. The molecule has 1 atom stereocenters. The van der Waals surface area contributed by atoms with Gasteiger partial charge in [-0.1, -0.05) is 6.07 Å². The summed E-state index contributed by atoms with van der Waals surface area (Å²) in [6.45, 7) is 0. The Bertz CT molecular complexity index is 650. The fourth-order valence-corrected chi connectivity index (χ4v) is 2.70. The Hall–Kier alpha value is -1.69. The monoisotopic (exact) mass is 307 g/mol. The van der Waals surface area contributed by atoms with Gasteiger partial charge in [-0.3, -0.25) is 19.3 Å². The Morgan fingerprint density at radius 1 is 1.39 bits per heavy atom. The Kier molecular flexibility index (Phi) is 2.66. The second-order valence-electron chi connectivity index (χ2n) is 4.26. The fourth-order valence-electron chi connectivity index (χ4n) is 2.29. The average Bonchev–Trinajstić information content (AvgIpc) is 2.81. The van der Waals surface area contributed by atoms with Gasteiger partial charge in [0.25, 0.3) is 0 Å². The first-order valence-corrected chi connectivity index (χ1v) is 6.40. The van der Waals surface area contributed by atoms with E-state index in [1.54, 1.807) is 12.5 Å². The third-order valence-electron chi connectivity index (χ3n) is 3.18. The molecule has 0 spiro atoms. The summed E-state index contributed by atoms with van der Waals surface area (Å²) < 4.78 is 2.75. The van der Waals surface area contributed by atoms with Gasteiger partial charge in [-0.2, -0.15) is 0 Å². The number of hydrogen-bond acceptors (Lipinski definition) is 3. The van der Waals surface area contributed by atoms with Crippen LogP contribution in [0.2, 0.25) is 0 Å². The highest BCUT2D eigenvalue weighted by Gasteiger charge is 2.29. The second kappa shape index (κ2) is 4.20. The van der Waals surface area contributed by atoms with Crippen molar-refractivity contribution in [1.82, 2.24) is 14.7 Å². The molecule has 2 aromatic heterocycles. The van der Waals surface area contributed by atoms with Gasteiger partial charge in [0.1, 0.15) is 6.33 Å². The highest BCUT2D eigenvalue weighted by atomic mass is 79.9. The number of pyridine rings is 1. The molecule has 0 radical (unpaired) electrons. The minimum Gasteiger partial charge on any atom is -0.296 e. The van der Waals surface area contributed by atoms with Crippen LogP contribution in [0, 0.1) is 0 Å². The number of fused-ring (bicyclic) bond motifs is 1. The highest BCUT2D eigenvalue weighted by Crippen LogP contribution is 2.29. The van der Waals surface area contributed by atoms with Crippen LogP contribution in [0.15, 0.2) is 29.3 Å². The summed E-state index contributed by atoms with van der Waals surface area (Å²) in [6, 6.07) is 3.79. The Morgan fingerprint density at radius 2 is 2.22 bits per heavy atom. The molecule has 0 aromatic carbocycles. The van der Waals surface area contributed by atoms with Gasteiger partial charge in [-0.05, 0) is 34.0 Å². The smallest absolute Gasteiger partial charge is 0.234 e. The molecule has 0 saturated carbocycles. The van der Waals surface area contributed by atoms with E-state index >= 15 is 0 Å². The molecule has 0 aliphatic carbocycles. The van der Waals surface area contributed by atoms with E-state index in [9.17, 15) is 9.59 Å². The van der Waals surface area contributed by atoms with Crippen molar-refractivity contribution in [1.29, 1.82) is 0 Å². The molecule has 92 valence electrons. The summed E-state index contributed by atoms with van der Waals surface area (Å²) >= 11 is 3.43. The van der Waals surface area contributed by atoms with Gasteiger partial charge in [0, 0.05) is 6.42 Å². The molecule has 1 aliphatic heterocycles. The summed E-state index contributed by atoms with van der Waals surface area (Å²) in [4.78, 5) is 27.1. The number of carbonyl (C=O) groups excluding carboxylic acids is 2. The van der Waals surface area contributed by atoms with E-state index in [0.29, 0.717) is 12.8 Å². The van der Waals surface area contributed by atoms with Crippen LogP contribution >= 0.6 is 15.9 Å². The largest absolute Gasteiger partial charge is 0.296 e. The molecule has 1 unspecified atom stereocenters. The molecule has 3 heterocycles. The average molecular weight is 308 g/mol. The summed E-state index contributed by atoms with van der Waals surface area (Å²) in [7, 11) is 0. The minimum atomic E-state index is -0.282. The van der Waals surface area contributed by atoms with Crippen molar-refractivity contribution in [2.24, 2.45) is 0 Å². The maximum absolute atomic E-state index is 11.9. The van der Waals surface area contributed by atoms with E-state index in [-0.39, 0.29) is 17.7 Å². The van der Waals surface area contributed by atoms with Gasteiger partial charge >= 0.3 is 0 Å². The molecule has 5 nitrogen and oxygen atoms in total. The van der Waals surface area contributed by atoms with Crippen molar-refractivity contribution in [3.63, 3.8) is 0 Å². The number of rotatable bonds is 1. The fraction of sp³-hybridized carbons (Fsp3) is 0.250. The van der Waals surface area contributed by atoms with Gasteiger partial charge in [-0.25, -0.2) is 4.98 Å². The summed E-state index contributed by atoms with van der Waals surface area (Å²) in [5, 5.41) is 2.38. The zero-order valence-corrected chi connectivity index (χ0v) is 11.0. The first-order valence-electron chi connectivity index (χ1n) is 5.61. The predicted molar refractivity (Wildman–Crippen MR) is 68.0 cm³/mol. The standard InChI is InChI=1S/C12H10BrN3O2/c13-10-3-1-7(9-5-14-6-16(9)10)8-2-4-11(17)15-12(8)18/h1,3,5-6,8H,2,4H2,(H,15,17,18). The van der Waals surface area contributed by atoms with Crippen LogP contribution in [0.5, 0.6) is 0 Å². The van der Waals surface area contributed by atoms with Crippen molar-refractivity contribution in [3.05, 3.63) is 34.8 Å². The highest BCUT2D eigenvalue weighted by molar-refractivity contribution is 9.10. The Labute approximate surface area is 111 Å². The van der Waals surface area contributed by atoms with Crippen molar-refractivity contribution in [2.75, 3.05) is 0 Å². The van der Waals surface area contributed by atoms with Crippen LogP contribution in [-0.4, -0.2) is 21.2 Å². The van der Waals surface area contributed by atoms with Crippen LogP contribution in [0.1, 0.15) is 24.3 Å². The van der Waals surface area contributed by atoms with E-state index in [1.807, 2.05) is 16.5 Å². The van der Waals surface area contributed by atoms with Gasteiger partial charge in [0.05, 0.1) is 22.2 Å². The maximum atomic E-state index is 11.9. The topological polar surface area (TPSA) is 63.5 Å². The number of piperidine rings is 1. The number of aromatic nitrogens is 2. The van der Waals surface area contributed by atoms with Crippen molar-refractivity contribution in [2.45, 2.75) is 18.8 Å². The van der Waals surface area contributed by atoms with Crippen molar-refractivity contribution >= 4 is 33.3 Å². The van der Waals surface area contributed by atoms with E-state index in [2.05, 4.69) is 26.2 Å². The lowest BCUT2D eigenvalue weighted by molar-refractivity contribution is -0.134. The number of halogens is 1. The van der Waals surface area contributed by atoms with Crippen LogP contribution in [0.25, 0.3) is 5.52 Å². The first kappa shape index (κ1) is 11.4. The number of hydrogen-bond donors (Lipinski definition) is 1. The van der Waals surface area contributed by atoms with E-state index in [4.69, 9.17) is 0 Å². The molecule has 0 bridgehead atoms. The third-order valence-corrected chi connectivity index (χ3v) is 3.83. The second-order valence-corrected chi connectivity index (χ2v) is 5.08. The zero-order valence-electron chi connectivity index (χ0n) is 9.39. The Morgan fingerprint density at radius 3 is 3.00 bits per heavy atom. The molecule has 18 heavy (non-hydrogen) atoms. The molecule has 2 aromatic rings. The van der Waals surface area contributed by atoms with Crippen LogP contribution in [-0.2, 0) is 9.59 Å². The van der Waals surface area contributed by atoms with Crippen LogP contribution < -0.4 is 5.32 Å². The quantitative estimate of drug-likeness (QED) is 0.643. The summed E-state index contributed by atoms with van der Waals surface area (Å²) in [5.41, 5.74) is 1.79. The number of imidazole rings is 1. The lowest BCUT2D eigenvalue weighted by atomic mass is 9.90. The van der Waals surface area contributed by atoms with E-state index < -0.39 is 0 Å². The maximum Gasteiger partial charge on any atom is 0.234 e. The lowest BCUT2D eigenvalue weighted by Gasteiger charge is -2.21. The van der Waals surface area contributed by atoms with Crippen LogP contribution in [0.4, 0.5) is 0 Å². The van der Waals surface area contributed by atoms with Gasteiger partial charge in [0.2, 0.25) is 11.8 Å². The summed E-state index contributed by atoms with van der Waals surface area (Å²) in [5.74, 6) is -0.704. The van der Waals surface area contributed by atoms with Gasteiger partial charge in [0.15, 0.2) is 0 Å². The number of imide groups is 1. The molecule has 1 saturated heterocycles. The molecule has 6 heteroatoms. The zero-order chi connectivity index (χ0) is 12.7. The van der Waals surface area contributed by atoms with E-state index in [1.165, 1.54) is 0 Å². The number of carbonyl (C=O) groups is 2. The van der Waals surface area contributed by atoms with Crippen molar-refractivity contribution < 1.29 is 9.59 Å². The molecule has 1 N–H and O–H groups in total. The molecule has 1 fully saturated rings. The predicted octanol–water partition coefficient (Wildman–Crippen LogP) is 1.62. The van der Waals surface area contributed by atoms with E-state index in [0.717, 1.165) is 15.7 Å².